The quantitative estimate of drug-likeness (QED) is 0.129. The Hall–Kier alpha value is -6.54. The number of benzene rings is 8. The maximum absolute atomic E-state index is 15.0. The maximum atomic E-state index is 15.0. The van der Waals surface area contributed by atoms with Crippen LogP contribution < -0.4 is 9.80 Å². The average Bonchev–Trinajstić information content (AvgIpc) is 3.94. The predicted octanol–water partition coefficient (Wildman–Crippen LogP) is 13.6. The Labute approximate surface area is 336 Å². The van der Waals surface area contributed by atoms with Gasteiger partial charge in [0.05, 0.1) is 5.41 Å². The van der Waals surface area contributed by atoms with Gasteiger partial charge in [-0.05, 0) is 102 Å². The summed E-state index contributed by atoms with van der Waals surface area (Å²) in [6.45, 7) is 0. The second-order valence-electron chi connectivity index (χ2n) is 15.8. The first-order valence-electron chi connectivity index (χ1n) is 19.7. The lowest BCUT2D eigenvalue weighted by Gasteiger charge is -2.36. The zero-order chi connectivity index (χ0) is 40.3. The van der Waals surface area contributed by atoms with Crippen LogP contribution in [0.4, 0.5) is 49.1 Å². The molecule has 3 aliphatic rings. The molecule has 11 rings (SSSR count). The minimum absolute atomic E-state index is 0.151. The molecule has 2 nitrogen and oxygen atoms in total. The van der Waals surface area contributed by atoms with E-state index in [1.54, 1.807) is 60.7 Å². The van der Waals surface area contributed by atoms with Crippen molar-refractivity contribution in [2.75, 3.05) is 9.80 Å². The van der Waals surface area contributed by atoms with Gasteiger partial charge in [0.2, 0.25) is 0 Å². The first kappa shape index (κ1) is 35.6. The molecule has 2 atom stereocenters. The van der Waals surface area contributed by atoms with Crippen LogP contribution in [-0.4, -0.2) is 24.4 Å². The van der Waals surface area contributed by atoms with E-state index >= 15 is 0 Å². The number of anilines is 4. The standard InChI is InChI=1S/C51H34F6N2/c52-50(53,54)45-27-31-13-7-11-21-43(31)58(45)35-23-25-39-41(29-35)37-19-9-10-20-38(37)47-40-26-24-36(59-44-22-12-8-14-32(44)28-46(59)51(55,56)57)30-42(40)49(48(39)47,33-15-3-1-4-16-33)34-17-5-2-6-18-34/h1-26,29-30,45-46H,27-28H2. The number of hydrogen-bond donors (Lipinski definition) is 0. The van der Waals surface area contributed by atoms with Gasteiger partial charge in [0.25, 0.3) is 0 Å². The molecule has 0 fully saturated rings. The van der Waals surface area contributed by atoms with Crippen LogP contribution in [0.2, 0.25) is 0 Å². The maximum Gasteiger partial charge on any atom is 0.409 e. The molecule has 8 heteroatoms. The molecule has 0 N–H and O–H groups in total. The van der Waals surface area contributed by atoms with Crippen LogP contribution in [0.15, 0.2) is 170 Å². The lowest BCUT2D eigenvalue weighted by molar-refractivity contribution is -0.145. The molecule has 59 heavy (non-hydrogen) atoms. The summed E-state index contributed by atoms with van der Waals surface area (Å²) in [6, 6.07) is 50.0. The van der Waals surface area contributed by atoms with Crippen molar-refractivity contribution in [2.24, 2.45) is 0 Å². The summed E-state index contributed by atoms with van der Waals surface area (Å²) >= 11 is 0. The van der Waals surface area contributed by atoms with Gasteiger partial charge in [-0.1, -0.05) is 133 Å². The van der Waals surface area contributed by atoms with E-state index in [-0.39, 0.29) is 12.8 Å². The van der Waals surface area contributed by atoms with E-state index in [0.717, 1.165) is 54.9 Å². The van der Waals surface area contributed by atoms with Crippen LogP contribution in [0.25, 0.3) is 32.7 Å². The summed E-state index contributed by atoms with van der Waals surface area (Å²) in [5.41, 5.74) is 7.61. The van der Waals surface area contributed by atoms with Gasteiger partial charge < -0.3 is 9.80 Å². The van der Waals surface area contributed by atoms with Crippen molar-refractivity contribution in [1.82, 2.24) is 0 Å². The van der Waals surface area contributed by atoms with Crippen molar-refractivity contribution in [3.63, 3.8) is 0 Å². The Morgan fingerprint density at radius 3 is 1.47 bits per heavy atom. The lowest BCUT2D eigenvalue weighted by atomic mass is 9.66. The van der Waals surface area contributed by atoms with E-state index in [0.29, 0.717) is 33.9 Å². The van der Waals surface area contributed by atoms with Gasteiger partial charge in [0, 0.05) is 35.6 Å². The highest BCUT2D eigenvalue weighted by Gasteiger charge is 2.52. The minimum atomic E-state index is -4.50. The van der Waals surface area contributed by atoms with Crippen LogP contribution in [0.3, 0.4) is 0 Å². The summed E-state index contributed by atoms with van der Waals surface area (Å²) in [4.78, 5) is 2.86. The Morgan fingerprint density at radius 1 is 0.441 bits per heavy atom. The highest BCUT2D eigenvalue weighted by molar-refractivity contribution is 6.20. The van der Waals surface area contributed by atoms with E-state index in [1.165, 1.54) is 9.80 Å². The second kappa shape index (κ2) is 12.7. The number of nitrogens with zero attached hydrogens (tertiary/aromatic N) is 2. The zero-order valence-corrected chi connectivity index (χ0v) is 31.4. The molecule has 0 spiro atoms. The summed E-state index contributed by atoms with van der Waals surface area (Å²) in [6.07, 6.45) is -9.29. The molecule has 0 bridgehead atoms. The predicted molar refractivity (Wildman–Crippen MR) is 223 cm³/mol. The van der Waals surface area contributed by atoms with Crippen molar-refractivity contribution in [3.05, 3.63) is 203 Å². The Balaban J connectivity index is 1.24. The van der Waals surface area contributed by atoms with Crippen molar-refractivity contribution in [1.29, 1.82) is 0 Å². The largest absolute Gasteiger partial charge is 0.409 e. The Bertz CT molecular complexity index is 2920. The van der Waals surface area contributed by atoms with Gasteiger partial charge in [-0.25, -0.2) is 0 Å². The van der Waals surface area contributed by atoms with Gasteiger partial charge in [-0.2, -0.15) is 26.3 Å². The topological polar surface area (TPSA) is 6.48 Å². The van der Waals surface area contributed by atoms with Crippen LogP contribution in [0.5, 0.6) is 0 Å². The third-order valence-electron chi connectivity index (χ3n) is 12.7. The number of fused-ring (bicyclic) bond motifs is 10. The number of hydrogen-bond acceptors (Lipinski definition) is 2. The first-order valence-corrected chi connectivity index (χ1v) is 19.7. The van der Waals surface area contributed by atoms with Gasteiger partial charge >= 0.3 is 12.4 Å². The molecular formula is C51H34F6N2. The van der Waals surface area contributed by atoms with E-state index in [1.807, 2.05) is 84.9 Å². The smallest absolute Gasteiger partial charge is 0.329 e. The van der Waals surface area contributed by atoms with Crippen LogP contribution in [0, 0.1) is 0 Å². The van der Waals surface area contributed by atoms with Crippen LogP contribution in [-0.2, 0) is 18.3 Å². The summed E-state index contributed by atoms with van der Waals surface area (Å²) < 4.78 is 89.5. The number of halogens is 6. The first-order chi connectivity index (χ1) is 28.5. The molecular weight excluding hydrogens is 755 g/mol. The van der Waals surface area contributed by atoms with E-state index in [9.17, 15) is 26.3 Å². The molecule has 1 aliphatic carbocycles. The van der Waals surface area contributed by atoms with Gasteiger partial charge in [-0.3, -0.25) is 0 Å². The number of rotatable bonds is 4. The fourth-order valence-electron chi connectivity index (χ4n) is 10.4. The second-order valence-corrected chi connectivity index (χ2v) is 15.8. The molecule has 0 aromatic heterocycles. The van der Waals surface area contributed by atoms with Crippen molar-refractivity contribution in [2.45, 2.75) is 42.7 Å². The van der Waals surface area contributed by atoms with Crippen LogP contribution in [0.1, 0.15) is 33.4 Å². The zero-order valence-electron chi connectivity index (χ0n) is 31.4. The highest BCUT2D eigenvalue weighted by Crippen LogP contribution is 2.62. The van der Waals surface area contributed by atoms with Crippen molar-refractivity contribution >= 4 is 44.3 Å². The molecule has 0 amide bonds. The van der Waals surface area contributed by atoms with Crippen LogP contribution >= 0.6 is 0 Å². The Morgan fingerprint density at radius 2 is 0.915 bits per heavy atom. The van der Waals surface area contributed by atoms with Gasteiger partial charge in [0.15, 0.2) is 0 Å². The SMILES string of the molecule is FC(F)(F)C1Cc2ccccc2N1c1ccc2c(c1)C(c1ccccc1)(c1ccccc1)c1c-2c2ccccc2c2cc(N3c4ccccc4CC3C(F)(F)F)ccc12. The third kappa shape index (κ3) is 5.14. The molecule has 8 aromatic carbocycles. The molecule has 290 valence electrons. The fraction of sp³-hybridized carbons (Fsp3) is 0.137. The molecule has 0 radical (unpaired) electrons. The number of para-hydroxylation sites is 2. The monoisotopic (exact) mass is 788 g/mol. The minimum Gasteiger partial charge on any atom is -0.329 e. The summed E-state index contributed by atoms with van der Waals surface area (Å²) in [5.74, 6) is 0. The molecule has 0 saturated heterocycles. The van der Waals surface area contributed by atoms with E-state index in [4.69, 9.17) is 0 Å². The molecule has 8 aromatic rings. The van der Waals surface area contributed by atoms with Gasteiger partial charge in [-0.15, -0.1) is 0 Å². The average molecular weight is 789 g/mol. The lowest BCUT2D eigenvalue weighted by Crippen LogP contribution is -2.41. The highest BCUT2D eigenvalue weighted by atomic mass is 19.4. The normalized spacial score (nSPS) is 17.9. The molecule has 2 unspecified atom stereocenters. The molecule has 0 saturated carbocycles. The van der Waals surface area contributed by atoms with Crippen molar-refractivity contribution < 1.29 is 26.3 Å². The number of alkyl halides is 6. The summed E-state index contributed by atoms with van der Waals surface area (Å²) in [7, 11) is 0. The van der Waals surface area contributed by atoms with Crippen molar-refractivity contribution in [3.8, 4) is 11.1 Å². The summed E-state index contributed by atoms with van der Waals surface area (Å²) in [5, 5.41) is 3.42. The Kier molecular flexibility index (Phi) is 7.68. The molecule has 2 aliphatic heterocycles. The van der Waals surface area contributed by atoms with E-state index in [2.05, 4.69) is 24.3 Å². The molecule has 2 heterocycles. The van der Waals surface area contributed by atoms with Gasteiger partial charge in [0.1, 0.15) is 12.1 Å². The van der Waals surface area contributed by atoms with E-state index < -0.39 is 29.9 Å². The fourth-order valence-corrected chi connectivity index (χ4v) is 10.4. The third-order valence-corrected chi connectivity index (χ3v) is 12.7.